The van der Waals surface area contributed by atoms with Gasteiger partial charge in [0.2, 0.25) is 5.78 Å². The van der Waals surface area contributed by atoms with Gasteiger partial charge in [0, 0.05) is 11.8 Å². The lowest BCUT2D eigenvalue weighted by Gasteiger charge is -1.97. The molecule has 0 aliphatic heterocycles. The lowest BCUT2D eigenvalue weighted by molar-refractivity contribution is 0.104. The van der Waals surface area contributed by atoms with Gasteiger partial charge in [-0.2, -0.15) is 0 Å². The van der Waals surface area contributed by atoms with Crippen molar-refractivity contribution in [2.24, 2.45) is 0 Å². The van der Waals surface area contributed by atoms with Crippen LogP contribution in [0.3, 0.4) is 0 Å². The number of carbonyl (C=O) groups is 1. The van der Waals surface area contributed by atoms with Gasteiger partial charge in [0.1, 0.15) is 5.15 Å². The third-order valence-corrected chi connectivity index (χ3v) is 3.22. The largest absolute Gasteiger partial charge is 0.288 e. The summed E-state index contributed by atoms with van der Waals surface area (Å²) in [6, 6.07) is 6.56. The highest BCUT2D eigenvalue weighted by Gasteiger charge is 2.11. The minimum atomic E-state index is -0.0869. The molecule has 0 radical (unpaired) electrons. The van der Waals surface area contributed by atoms with Crippen LogP contribution in [0.2, 0.25) is 9.49 Å². The lowest BCUT2D eigenvalue weighted by atomic mass is 10.1. The summed E-state index contributed by atoms with van der Waals surface area (Å²) in [7, 11) is 0. The smallest absolute Gasteiger partial charge is 0.203 e. The van der Waals surface area contributed by atoms with Gasteiger partial charge in [-0.05, 0) is 24.3 Å². The van der Waals surface area contributed by atoms with Crippen molar-refractivity contribution in [2.45, 2.75) is 0 Å². The third kappa shape index (κ3) is 2.37. The Hall–Kier alpha value is -0.900. The zero-order valence-electron chi connectivity index (χ0n) is 7.41. The number of rotatable bonds is 2. The topological polar surface area (TPSA) is 30.0 Å². The van der Waals surface area contributed by atoms with E-state index in [0.717, 1.165) is 0 Å². The second-order valence-electron chi connectivity index (χ2n) is 2.80. The van der Waals surface area contributed by atoms with E-state index in [9.17, 15) is 4.79 Å². The Labute approximate surface area is 100 Å². The number of aromatic nitrogens is 1. The molecular formula is C10H5Cl2NOS. The quantitative estimate of drug-likeness (QED) is 0.607. The van der Waals surface area contributed by atoms with Crippen LogP contribution in [0.5, 0.6) is 0 Å². The number of carbonyl (C=O) groups excluding carboxylic acids is 1. The Kier molecular flexibility index (Phi) is 3.05. The monoisotopic (exact) mass is 257 g/mol. The highest BCUT2D eigenvalue weighted by atomic mass is 35.5. The molecule has 0 amide bonds. The molecule has 0 saturated heterocycles. The second-order valence-corrected chi connectivity index (χ2v) is 4.90. The summed E-state index contributed by atoms with van der Waals surface area (Å²) in [6.07, 6.45) is 1.50. The first-order valence-electron chi connectivity index (χ1n) is 4.08. The van der Waals surface area contributed by atoms with Gasteiger partial charge in [0.25, 0.3) is 0 Å². The molecule has 0 aromatic carbocycles. The Bertz CT molecular complexity index is 510. The molecule has 2 heterocycles. The average Bonchev–Trinajstić information content (AvgIpc) is 2.64. The third-order valence-electron chi connectivity index (χ3n) is 1.79. The molecule has 2 aromatic rings. The van der Waals surface area contributed by atoms with Crippen LogP contribution in [0.4, 0.5) is 0 Å². The zero-order valence-corrected chi connectivity index (χ0v) is 9.73. The fourth-order valence-electron chi connectivity index (χ4n) is 1.12. The highest BCUT2D eigenvalue weighted by Crippen LogP contribution is 2.24. The van der Waals surface area contributed by atoms with Crippen molar-refractivity contribution in [3.05, 3.63) is 50.4 Å². The van der Waals surface area contributed by atoms with E-state index in [1.54, 1.807) is 18.2 Å². The number of ketones is 1. The van der Waals surface area contributed by atoms with Gasteiger partial charge >= 0.3 is 0 Å². The molecule has 0 atom stereocenters. The minimum absolute atomic E-state index is 0.0869. The molecule has 0 aliphatic rings. The van der Waals surface area contributed by atoms with Crippen LogP contribution >= 0.6 is 34.5 Å². The summed E-state index contributed by atoms with van der Waals surface area (Å²) in [5, 5.41) is 0.309. The molecule has 0 fully saturated rings. The summed E-state index contributed by atoms with van der Waals surface area (Å²) in [5.74, 6) is -0.0869. The van der Waals surface area contributed by atoms with E-state index in [-0.39, 0.29) is 5.78 Å². The van der Waals surface area contributed by atoms with E-state index < -0.39 is 0 Å². The second kappa shape index (κ2) is 4.31. The number of hydrogen-bond donors (Lipinski definition) is 0. The molecule has 0 spiro atoms. The molecule has 0 unspecified atom stereocenters. The van der Waals surface area contributed by atoms with Gasteiger partial charge in [-0.3, -0.25) is 4.79 Å². The Balaban J connectivity index is 2.36. The minimum Gasteiger partial charge on any atom is -0.288 e. The van der Waals surface area contributed by atoms with Crippen LogP contribution in [0, 0.1) is 0 Å². The van der Waals surface area contributed by atoms with Crippen LogP contribution in [-0.2, 0) is 0 Å². The summed E-state index contributed by atoms with van der Waals surface area (Å²) < 4.78 is 0.596. The summed E-state index contributed by atoms with van der Waals surface area (Å²) in [4.78, 5) is 16.3. The van der Waals surface area contributed by atoms with E-state index in [0.29, 0.717) is 19.9 Å². The Morgan fingerprint density at radius 1 is 1.27 bits per heavy atom. The zero-order chi connectivity index (χ0) is 10.8. The normalized spacial score (nSPS) is 10.3. The molecule has 2 aromatic heterocycles. The van der Waals surface area contributed by atoms with E-state index in [2.05, 4.69) is 4.98 Å². The Morgan fingerprint density at radius 2 is 2.07 bits per heavy atom. The van der Waals surface area contributed by atoms with Gasteiger partial charge in [-0.25, -0.2) is 4.98 Å². The molecular weight excluding hydrogens is 253 g/mol. The molecule has 76 valence electrons. The molecule has 2 rings (SSSR count). The number of hydrogen-bond acceptors (Lipinski definition) is 3. The van der Waals surface area contributed by atoms with Gasteiger partial charge in [-0.1, -0.05) is 23.2 Å². The summed E-state index contributed by atoms with van der Waals surface area (Å²) >= 11 is 12.7. The van der Waals surface area contributed by atoms with Gasteiger partial charge in [0.05, 0.1) is 9.21 Å². The number of halogens is 2. The first kappa shape index (κ1) is 10.6. The van der Waals surface area contributed by atoms with Crippen LogP contribution in [0.25, 0.3) is 0 Å². The van der Waals surface area contributed by atoms with Crippen molar-refractivity contribution < 1.29 is 4.79 Å². The number of thiophene rings is 1. The van der Waals surface area contributed by atoms with Gasteiger partial charge in [0.15, 0.2) is 0 Å². The average molecular weight is 258 g/mol. The van der Waals surface area contributed by atoms with E-state index in [1.807, 2.05) is 0 Å². The van der Waals surface area contributed by atoms with E-state index in [4.69, 9.17) is 23.2 Å². The van der Waals surface area contributed by atoms with E-state index in [1.165, 1.54) is 23.6 Å². The first-order chi connectivity index (χ1) is 7.16. The highest BCUT2D eigenvalue weighted by molar-refractivity contribution is 7.18. The van der Waals surface area contributed by atoms with Crippen molar-refractivity contribution in [1.29, 1.82) is 0 Å². The molecule has 0 saturated carbocycles. The van der Waals surface area contributed by atoms with Crippen molar-refractivity contribution >= 4 is 40.3 Å². The predicted octanol–water partition coefficient (Wildman–Crippen LogP) is 3.68. The standard InChI is InChI=1S/C10H5Cl2NOS/c11-8-5-6(3-4-13-8)10(14)7-1-2-9(12)15-7/h1-5H. The van der Waals surface area contributed by atoms with Gasteiger partial charge < -0.3 is 0 Å². The van der Waals surface area contributed by atoms with Crippen LogP contribution < -0.4 is 0 Å². The molecule has 15 heavy (non-hydrogen) atoms. The molecule has 2 nitrogen and oxygen atoms in total. The molecule has 5 heteroatoms. The molecule has 0 bridgehead atoms. The van der Waals surface area contributed by atoms with Crippen LogP contribution in [0.15, 0.2) is 30.5 Å². The SMILES string of the molecule is O=C(c1ccnc(Cl)c1)c1ccc(Cl)s1. The number of nitrogens with zero attached hydrogens (tertiary/aromatic N) is 1. The van der Waals surface area contributed by atoms with Crippen LogP contribution in [0.1, 0.15) is 15.2 Å². The fourth-order valence-corrected chi connectivity index (χ4v) is 2.30. The molecule has 0 aliphatic carbocycles. The fraction of sp³-hybridized carbons (Fsp3) is 0. The Morgan fingerprint density at radius 3 is 2.67 bits per heavy atom. The lowest BCUT2D eigenvalue weighted by Crippen LogP contribution is -1.98. The predicted molar refractivity (Wildman–Crippen MR) is 62.0 cm³/mol. The summed E-state index contributed by atoms with van der Waals surface area (Å²) in [5.41, 5.74) is 0.522. The maximum absolute atomic E-state index is 11.9. The maximum atomic E-state index is 11.9. The van der Waals surface area contributed by atoms with Crippen LogP contribution in [-0.4, -0.2) is 10.8 Å². The van der Waals surface area contributed by atoms with Crippen molar-refractivity contribution in [3.8, 4) is 0 Å². The van der Waals surface area contributed by atoms with Crippen molar-refractivity contribution in [3.63, 3.8) is 0 Å². The van der Waals surface area contributed by atoms with Crippen molar-refractivity contribution in [2.75, 3.05) is 0 Å². The molecule has 0 N–H and O–H groups in total. The van der Waals surface area contributed by atoms with Crippen molar-refractivity contribution in [1.82, 2.24) is 4.98 Å². The number of pyridine rings is 1. The first-order valence-corrected chi connectivity index (χ1v) is 5.65. The van der Waals surface area contributed by atoms with E-state index >= 15 is 0 Å². The maximum Gasteiger partial charge on any atom is 0.203 e. The summed E-state index contributed by atoms with van der Waals surface area (Å²) in [6.45, 7) is 0. The van der Waals surface area contributed by atoms with Gasteiger partial charge in [-0.15, -0.1) is 11.3 Å².